The van der Waals surface area contributed by atoms with E-state index in [1.165, 1.54) is 0 Å². The van der Waals surface area contributed by atoms with Crippen molar-refractivity contribution in [1.29, 1.82) is 0 Å². The number of ether oxygens (including phenoxy) is 1. The zero-order chi connectivity index (χ0) is 9.14. The summed E-state index contributed by atoms with van der Waals surface area (Å²) < 4.78 is 7.07. The van der Waals surface area contributed by atoms with E-state index < -0.39 is 0 Å². The molecule has 0 aliphatic heterocycles. The average Bonchev–Trinajstić information content (AvgIpc) is 2.33. The van der Waals surface area contributed by atoms with Gasteiger partial charge in [-0.3, -0.25) is 0 Å². The molecular weight excluding hydrogens is 172 g/mol. The summed E-state index contributed by atoms with van der Waals surface area (Å²) in [5, 5.41) is 0.473. The molecule has 0 amide bonds. The smallest absolute Gasteiger partial charge is 0.211 e. The Labute approximate surface area is 77.4 Å². The highest BCUT2D eigenvalue weighted by Crippen LogP contribution is 2.02. The molecule has 0 aliphatic carbocycles. The van der Waals surface area contributed by atoms with E-state index in [1.807, 2.05) is 31.7 Å². The van der Waals surface area contributed by atoms with Crippen LogP contribution >= 0.6 is 12.2 Å². The SMILES string of the molecule is CCOC(=S)c1cn(C)c(C)n1. The van der Waals surface area contributed by atoms with E-state index in [-0.39, 0.29) is 0 Å². The van der Waals surface area contributed by atoms with E-state index in [4.69, 9.17) is 17.0 Å². The van der Waals surface area contributed by atoms with Crippen molar-refractivity contribution in [1.82, 2.24) is 9.55 Å². The van der Waals surface area contributed by atoms with Crippen LogP contribution < -0.4 is 0 Å². The lowest BCUT2D eigenvalue weighted by Crippen LogP contribution is -2.03. The standard InChI is InChI=1S/C8H12N2OS/c1-4-11-8(12)7-5-10(3)6(2)9-7/h5H,4H2,1-3H3. The Balaban J connectivity index is 2.82. The van der Waals surface area contributed by atoms with Crippen molar-refractivity contribution in [2.45, 2.75) is 13.8 Å². The first-order chi connectivity index (χ1) is 5.65. The maximum absolute atomic E-state index is 5.15. The van der Waals surface area contributed by atoms with Gasteiger partial charge in [0, 0.05) is 13.2 Å². The van der Waals surface area contributed by atoms with Crippen molar-refractivity contribution in [2.24, 2.45) is 7.05 Å². The zero-order valence-corrected chi connectivity index (χ0v) is 8.31. The fourth-order valence-corrected chi connectivity index (χ4v) is 1.08. The van der Waals surface area contributed by atoms with Gasteiger partial charge in [0.1, 0.15) is 11.5 Å². The van der Waals surface area contributed by atoms with Crippen LogP contribution in [0.3, 0.4) is 0 Å². The highest BCUT2D eigenvalue weighted by molar-refractivity contribution is 7.80. The molecule has 1 heterocycles. The van der Waals surface area contributed by atoms with Crippen LogP contribution in [0.1, 0.15) is 18.4 Å². The number of imidazole rings is 1. The number of aromatic nitrogens is 2. The molecule has 0 spiro atoms. The molecule has 0 fully saturated rings. The predicted octanol–water partition coefficient (Wildman–Crippen LogP) is 1.44. The number of aryl methyl sites for hydroxylation is 2. The Morgan fingerprint density at radius 1 is 1.75 bits per heavy atom. The molecule has 0 saturated carbocycles. The maximum Gasteiger partial charge on any atom is 0.211 e. The Morgan fingerprint density at radius 3 is 2.83 bits per heavy atom. The van der Waals surface area contributed by atoms with Crippen LogP contribution in [0.2, 0.25) is 0 Å². The number of thiocarbonyl (C=S) groups is 1. The summed E-state index contributed by atoms with van der Waals surface area (Å²) in [7, 11) is 1.93. The third kappa shape index (κ3) is 1.82. The predicted molar refractivity (Wildman–Crippen MR) is 51.3 cm³/mol. The number of hydrogen-bond acceptors (Lipinski definition) is 3. The fourth-order valence-electron chi connectivity index (χ4n) is 0.862. The second-order valence-corrected chi connectivity index (χ2v) is 2.88. The van der Waals surface area contributed by atoms with Crippen molar-refractivity contribution in [2.75, 3.05) is 6.61 Å². The molecule has 1 aromatic rings. The first-order valence-corrected chi connectivity index (χ1v) is 4.23. The summed E-state index contributed by atoms with van der Waals surface area (Å²) in [6.45, 7) is 4.43. The molecule has 0 aromatic carbocycles. The second-order valence-electron chi connectivity index (χ2n) is 2.50. The van der Waals surface area contributed by atoms with Crippen molar-refractivity contribution in [3.63, 3.8) is 0 Å². The van der Waals surface area contributed by atoms with Gasteiger partial charge < -0.3 is 9.30 Å². The van der Waals surface area contributed by atoms with Gasteiger partial charge in [-0.25, -0.2) is 4.98 Å². The second kappa shape index (κ2) is 3.67. The molecule has 1 aromatic heterocycles. The van der Waals surface area contributed by atoms with Crippen LogP contribution in [0.5, 0.6) is 0 Å². The maximum atomic E-state index is 5.15. The molecule has 3 nitrogen and oxygen atoms in total. The van der Waals surface area contributed by atoms with Gasteiger partial charge in [-0.1, -0.05) is 0 Å². The monoisotopic (exact) mass is 184 g/mol. The van der Waals surface area contributed by atoms with Crippen molar-refractivity contribution in [3.8, 4) is 0 Å². The van der Waals surface area contributed by atoms with Gasteiger partial charge in [0.15, 0.2) is 0 Å². The number of hydrogen-bond donors (Lipinski definition) is 0. The highest BCUT2D eigenvalue weighted by Gasteiger charge is 2.06. The van der Waals surface area contributed by atoms with Gasteiger partial charge in [0.05, 0.1) is 6.61 Å². The molecule has 0 N–H and O–H groups in total. The lowest BCUT2D eigenvalue weighted by Gasteiger charge is -1.99. The normalized spacial score (nSPS) is 9.92. The molecule has 66 valence electrons. The Bertz CT molecular complexity index is 274. The van der Waals surface area contributed by atoms with Crippen LogP contribution in [0, 0.1) is 6.92 Å². The fraction of sp³-hybridized carbons (Fsp3) is 0.500. The minimum atomic E-state index is 0.473. The molecule has 0 aliphatic rings. The summed E-state index contributed by atoms with van der Waals surface area (Å²) in [5.41, 5.74) is 0.742. The largest absolute Gasteiger partial charge is 0.482 e. The highest BCUT2D eigenvalue weighted by atomic mass is 32.1. The molecule has 0 radical (unpaired) electrons. The van der Waals surface area contributed by atoms with E-state index in [0.29, 0.717) is 11.7 Å². The Morgan fingerprint density at radius 2 is 2.42 bits per heavy atom. The third-order valence-corrected chi connectivity index (χ3v) is 1.92. The summed E-state index contributed by atoms with van der Waals surface area (Å²) in [6.07, 6.45) is 1.87. The summed E-state index contributed by atoms with van der Waals surface area (Å²) in [6, 6.07) is 0. The molecule has 4 heteroatoms. The summed E-state index contributed by atoms with van der Waals surface area (Å²) >= 11 is 4.99. The zero-order valence-electron chi connectivity index (χ0n) is 7.50. The topological polar surface area (TPSA) is 27.1 Å². The molecule has 0 atom stereocenters. The first-order valence-electron chi connectivity index (χ1n) is 3.82. The van der Waals surface area contributed by atoms with Crippen molar-refractivity contribution in [3.05, 3.63) is 17.7 Å². The van der Waals surface area contributed by atoms with Crippen LogP contribution in [-0.2, 0) is 11.8 Å². The first kappa shape index (κ1) is 9.19. The molecule has 0 bridgehead atoms. The summed E-state index contributed by atoms with van der Waals surface area (Å²) in [5.74, 6) is 0.937. The van der Waals surface area contributed by atoms with Crippen LogP contribution in [0.25, 0.3) is 0 Å². The summed E-state index contributed by atoms with van der Waals surface area (Å²) in [4.78, 5) is 4.23. The minimum Gasteiger partial charge on any atom is -0.482 e. The molecular formula is C8H12N2OS. The van der Waals surface area contributed by atoms with E-state index in [9.17, 15) is 0 Å². The quantitative estimate of drug-likeness (QED) is 0.651. The Hall–Kier alpha value is -0.900. The molecule has 0 saturated heterocycles. The van der Waals surface area contributed by atoms with E-state index in [2.05, 4.69) is 4.98 Å². The molecule has 12 heavy (non-hydrogen) atoms. The van der Waals surface area contributed by atoms with E-state index >= 15 is 0 Å². The average molecular weight is 184 g/mol. The van der Waals surface area contributed by atoms with Crippen molar-refractivity contribution >= 4 is 17.3 Å². The number of rotatable bonds is 2. The van der Waals surface area contributed by atoms with Gasteiger partial charge >= 0.3 is 0 Å². The van der Waals surface area contributed by atoms with Gasteiger partial charge in [-0.2, -0.15) is 0 Å². The molecule has 1 rings (SSSR count). The van der Waals surface area contributed by atoms with Gasteiger partial charge in [0.2, 0.25) is 5.05 Å². The molecule has 0 unspecified atom stereocenters. The van der Waals surface area contributed by atoms with Gasteiger partial charge in [0.25, 0.3) is 0 Å². The van der Waals surface area contributed by atoms with Gasteiger partial charge in [-0.15, -0.1) is 0 Å². The number of nitrogens with zero attached hydrogens (tertiary/aromatic N) is 2. The van der Waals surface area contributed by atoms with Crippen molar-refractivity contribution < 1.29 is 4.74 Å². The van der Waals surface area contributed by atoms with E-state index in [0.717, 1.165) is 11.5 Å². The van der Waals surface area contributed by atoms with Crippen LogP contribution in [-0.4, -0.2) is 21.2 Å². The Kier molecular flexibility index (Phi) is 2.81. The van der Waals surface area contributed by atoms with Crippen LogP contribution in [0.15, 0.2) is 6.20 Å². The van der Waals surface area contributed by atoms with E-state index in [1.54, 1.807) is 0 Å². The van der Waals surface area contributed by atoms with Crippen LogP contribution in [0.4, 0.5) is 0 Å². The lowest BCUT2D eigenvalue weighted by atomic mass is 10.5. The third-order valence-electron chi connectivity index (χ3n) is 1.59. The van der Waals surface area contributed by atoms with Gasteiger partial charge in [-0.05, 0) is 26.1 Å². The minimum absolute atomic E-state index is 0.473. The lowest BCUT2D eigenvalue weighted by molar-refractivity contribution is 0.336.